The maximum absolute atomic E-state index is 10.2. The number of aromatic hydroxyl groups is 1. The van der Waals surface area contributed by atoms with Crippen LogP contribution in [0.25, 0.3) is 22.6 Å². The predicted octanol–water partition coefficient (Wildman–Crippen LogP) is 6.23. The van der Waals surface area contributed by atoms with E-state index in [0.717, 1.165) is 29.6 Å². The molecule has 0 saturated carbocycles. The maximum atomic E-state index is 10.2. The number of oxazole rings is 1. The summed E-state index contributed by atoms with van der Waals surface area (Å²) in [5.74, 6) is 0.817. The van der Waals surface area contributed by atoms with Gasteiger partial charge in [0.1, 0.15) is 11.3 Å². The van der Waals surface area contributed by atoms with E-state index < -0.39 is 0 Å². The lowest BCUT2D eigenvalue weighted by Gasteiger charge is -2.11. The number of hydrogen-bond acceptors (Lipinski definition) is 5. The zero-order chi connectivity index (χ0) is 20.5. The Morgan fingerprint density at radius 1 is 1.03 bits per heavy atom. The molecule has 4 rings (SSSR count). The zero-order valence-electron chi connectivity index (χ0n) is 15.7. The third-order valence-electron chi connectivity index (χ3n) is 4.41. The first-order valence-corrected chi connectivity index (χ1v) is 11.0. The first kappa shape index (κ1) is 20.1. The molecule has 1 aromatic heterocycles. The van der Waals surface area contributed by atoms with Gasteiger partial charge < -0.3 is 14.4 Å². The summed E-state index contributed by atoms with van der Waals surface area (Å²) in [5.41, 5.74) is 4.93. The van der Waals surface area contributed by atoms with Gasteiger partial charge in [-0.1, -0.05) is 0 Å². The summed E-state index contributed by atoms with van der Waals surface area (Å²) in [7, 11) is 4.01. The van der Waals surface area contributed by atoms with Crippen molar-refractivity contribution in [3.63, 3.8) is 0 Å². The van der Waals surface area contributed by atoms with Crippen LogP contribution in [-0.2, 0) is 0 Å². The van der Waals surface area contributed by atoms with Crippen LogP contribution in [0.15, 0.2) is 64.0 Å². The summed E-state index contributed by atoms with van der Waals surface area (Å²) in [5, 5.41) is 10.2. The molecule has 5 nitrogen and oxygen atoms in total. The quantitative estimate of drug-likeness (QED) is 0.221. The van der Waals surface area contributed by atoms with Gasteiger partial charge in [0.2, 0.25) is 5.89 Å². The maximum Gasteiger partial charge on any atom is 0.227 e. The molecule has 4 aromatic rings. The second-order valence-corrected chi connectivity index (χ2v) is 9.10. The molecular weight excluding hydrogens is 592 g/mol. The fourth-order valence-electron chi connectivity index (χ4n) is 2.85. The van der Waals surface area contributed by atoms with E-state index in [0.29, 0.717) is 17.0 Å². The van der Waals surface area contributed by atoms with E-state index in [1.807, 2.05) is 73.6 Å². The van der Waals surface area contributed by atoms with Crippen LogP contribution in [0, 0.1) is 7.14 Å². The SMILES string of the molecule is CN(C)c1ccc(-c2nc3cc(N=Cc4cc(I)cc(I)c4O)ccc3o2)cc1. The molecule has 0 bridgehead atoms. The summed E-state index contributed by atoms with van der Waals surface area (Å²) in [4.78, 5) is 11.2. The molecule has 1 N–H and O–H groups in total. The standard InChI is InChI=1S/C22H17I2N3O2/c1-27(2)17-6-3-13(4-7-17)22-26-19-11-16(5-8-20(19)29-22)25-12-14-9-15(23)10-18(24)21(14)28/h3-12,28H,1-2H3. The van der Waals surface area contributed by atoms with Crippen LogP contribution >= 0.6 is 45.2 Å². The molecule has 0 radical (unpaired) electrons. The monoisotopic (exact) mass is 609 g/mol. The number of fused-ring (bicyclic) bond motifs is 1. The van der Waals surface area contributed by atoms with Gasteiger partial charge in [-0.25, -0.2) is 4.98 Å². The first-order chi connectivity index (χ1) is 13.9. The minimum Gasteiger partial charge on any atom is -0.506 e. The molecule has 146 valence electrons. The van der Waals surface area contributed by atoms with E-state index in [-0.39, 0.29) is 5.75 Å². The third-order valence-corrected chi connectivity index (χ3v) is 5.86. The fraction of sp³-hybridized carbons (Fsp3) is 0.0909. The number of phenolic OH excluding ortho intramolecular Hbond substituents is 1. The molecule has 0 aliphatic rings. The minimum absolute atomic E-state index is 0.237. The Bertz CT molecular complexity index is 1210. The third kappa shape index (κ3) is 4.40. The second kappa shape index (κ2) is 8.31. The summed E-state index contributed by atoms with van der Waals surface area (Å²) in [6, 6.07) is 17.5. The van der Waals surface area contributed by atoms with Gasteiger partial charge in [0, 0.05) is 40.7 Å². The van der Waals surface area contributed by atoms with Crippen molar-refractivity contribution in [2.24, 2.45) is 4.99 Å². The largest absolute Gasteiger partial charge is 0.506 e. The number of halogens is 2. The van der Waals surface area contributed by atoms with Crippen molar-refractivity contribution >= 4 is 73.9 Å². The molecule has 1 heterocycles. The molecule has 0 spiro atoms. The lowest BCUT2D eigenvalue weighted by atomic mass is 10.2. The van der Waals surface area contributed by atoms with Gasteiger partial charge in [-0.15, -0.1) is 0 Å². The van der Waals surface area contributed by atoms with E-state index >= 15 is 0 Å². The van der Waals surface area contributed by atoms with E-state index in [1.165, 1.54) is 0 Å². The van der Waals surface area contributed by atoms with E-state index in [2.05, 4.69) is 55.2 Å². The van der Waals surface area contributed by atoms with Crippen LogP contribution < -0.4 is 4.90 Å². The van der Waals surface area contributed by atoms with Gasteiger partial charge >= 0.3 is 0 Å². The fourth-order valence-corrected chi connectivity index (χ4v) is 4.74. The Labute approximate surface area is 195 Å². The first-order valence-electron chi connectivity index (χ1n) is 8.81. The molecular formula is C22H17I2N3O2. The molecule has 3 aromatic carbocycles. The van der Waals surface area contributed by atoms with E-state index in [1.54, 1.807) is 6.21 Å². The Morgan fingerprint density at radius 2 is 1.79 bits per heavy atom. The highest BCUT2D eigenvalue weighted by Gasteiger charge is 2.10. The van der Waals surface area contributed by atoms with Crippen molar-refractivity contribution in [2.75, 3.05) is 19.0 Å². The van der Waals surface area contributed by atoms with Gasteiger partial charge in [0.05, 0.1) is 9.26 Å². The number of rotatable bonds is 4. The lowest BCUT2D eigenvalue weighted by Crippen LogP contribution is -2.07. The van der Waals surface area contributed by atoms with Crippen LogP contribution in [0.3, 0.4) is 0 Å². The molecule has 29 heavy (non-hydrogen) atoms. The molecule has 0 amide bonds. The van der Waals surface area contributed by atoms with Gasteiger partial charge in [-0.3, -0.25) is 4.99 Å². The Morgan fingerprint density at radius 3 is 2.52 bits per heavy atom. The lowest BCUT2D eigenvalue weighted by molar-refractivity contribution is 0.470. The number of phenols is 1. The van der Waals surface area contributed by atoms with Crippen molar-refractivity contribution in [1.82, 2.24) is 4.98 Å². The molecule has 0 aliphatic heterocycles. The predicted molar refractivity (Wildman–Crippen MR) is 135 cm³/mol. The molecule has 0 unspecified atom stereocenters. The van der Waals surface area contributed by atoms with E-state index in [9.17, 15) is 5.11 Å². The van der Waals surface area contributed by atoms with Gasteiger partial charge in [0.25, 0.3) is 0 Å². The topological polar surface area (TPSA) is 61.9 Å². The van der Waals surface area contributed by atoms with Crippen molar-refractivity contribution in [3.05, 3.63) is 67.3 Å². The molecule has 0 fully saturated rings. The minimum atomic E-state index is 0.237. The highest BCUT2D eigenvalue weighted by Crippen LogP contribution is 2.29. The highest BCUT2D eigenvalue weighted by atomic mass is 127. The van der Waals surface area contributed by atoms with Crippen molar-refractivity contribution < 1.29 is 9.52 Å². The zero-order valence-corrected chi connectivity index (χ0v) is 20.0. The average Bonchev–Trinajstić information content (AvgIpc) is 3.13. The van der Waals surface area contributed by atoms with Crippen molar-refractivity contribution in [3.8, 4) is 17.2 Å². The van der Waals surface area contributed by atoms with Crippen LogP contribution in [-0.4, -0.2) is 30.4 Å². The Hall–Kier alpha value is -2.14. The van der Waals surface area contributed by atoms with Crippen LogP contribution in [0.1, 0.15) is 5.56 Å². The number of nitrogens with zero attached hydrogens (tertiary/aromatic N) is 3. The summed E-state index contributed by atoms with van der Waals surface area (Å²) >= 11 is 4.34. The van der Waals surface area contributed by atoms with Gasteiger partial charge in [-0.2, -0.15) is 0 Å². The smallest absolute Gasteiger partial charge is 0.227 e. The number of hydrogen-bond donors (Lipinski definition) is 1. The molecule has 0 atom stereocenters. The molecule has 7 heteroatoms. The van der Waals surface area contributed by atoms with Crippen molar-refractivity contribution in [1.29, 1.82) is 0 Å². The van der Waals surface area contributed by atoms with Gasteiger partial charge in [-0.05, 0) is 99.8 Å². The second-order valence-electron chi connectivity index (χ2n) is 6.70. The van der Waals surface area contributed by atoms with E-state index in [4.69, 9.17) is 4.42 Å². The number of aliphatic imine (C=N–C) groups is 1. The molecule has 0 aliphatic carbocycles. The average molecular weight is 609 g/mol. The summed E-state index contributed by atoms with van der Waals surface area (Å²) in [6.45, 7) is 0. The Kier molecular flexibility index (Phi) is 5.77. The number of benzene rings is 3. The van der Waals surface area contributed by atoms with Gasteiger partial charge in [0.15, 0.2) is 5.58 Å². The van der Waals surface area contributed by atoms with Crippen molar-refractivity contribution in [2.45, 2.75) is 0 Å². The van der Waals surface area contributed by atoms with Crippen LogP contribution in [0.2, 0.25) is 0 Å². The highest BCUT2D eigenvalue weighted by molar-refractivity contribution is 14.1. The molecule has 0 saturated heterocycles. The summed E-state index contributed by atoms with van der Waals surface area (Å²) < 4.78 is 7.75. The van der Waals surface area contributed by atoms with Crippen LogP contribution in [0.4, 0.5) is 11.4 Å². The number of anilines is 1. The Balaban J connectivity index is 1.63. The van der Waals surface area contributed by atoms with Crippen LogP contribution in [0.5, 0.6) is 5.75 Å². The number of aromatic nitrogens is 1. The summed E-state index contributed by atoms with van der Waals surface area (Å²) in [6.07, 6.45) is 1.67. The normalized spacial score (nSPS) is 11.4.